The van der Waals surface area contributed by atoms with Gasteiger partial charge in [0.15, 0.2) is 0 Å². The molecule has 0 fully saturated rings. The molecule has 17 heavy (non-hydrogen) atoms. The van der Waals surface area contributed by atoms with Gasteiger partial charge in [-0.1, -0.05) is 26.8 Å². The number of nitrogens with zero attached hydrogens (tertiary/aromatic N) is 1. The molecule has 0 bridgehead atoms. The summed E-state index contributed by atoms with van der Waals surface area (Å²) in [6, 6.07) is 0. The summed E-state index contributed by atoms with van der Waals surface area (Å²) in [5.74, 6) is 1.38. The van der Waals surface area contributed by atoms with Gasteiger partial charge in [-0.25, -0.2) is 0 Å². The molecule has 0 heterocycles. The lowest BCUT2D eigenvalue weighted by Crippen LogP contribution is -2.36. The van der Waals surface area contributed by atoms with Crippen molar-refractivity contribution in [3.8, 4) is 0 Å². The Morgan fingerprint density at radius 1 is 1.29 bits per heavy atom. The molecule has 102 valence electrons. The summed E-state index contributed by atoms with van der Waals surface area (Å²) in [5, 5.41) is 3.50. The Morgan fingerprint density at radius 2 is 2.00 bits per heavy atom. The molecule has 0 aliphatic heterocycles. The zero-order valence-electron chi connectivity index (χ0n) is 12.0. The lowest BCUT2D eigenvalue weighted by molar-refractivity contribution is 0.145. The first-order valence-corrected chi connectivity index (χ1v) is 6.63. The molecule has 1 atom stereocenters. The molecular formula is C14H30N2O. The van der Waals surface area contributed by atoms with E-state index in [2.05, 4.69) is 37.6 Å². The fourth-order valence-corrected chi connectivity index (χ4v) is 1.78. The van der Waals surface area contributed by atoms with Crippen LogP contribution in [0.5, 0.6) is 0 Å². The van der Waals surface area contributed by atoms with Crippen LogP contribution in [0.2, 0.25) is 0 Å². The first kappa shape index (κ1) is 16.6. The standard InChI is InChI=1S/C14H30N2O/c1-6-7-16(8-9-17-5)12-14(4)11-15-10-13(2)3/h6,13-15H,1,7-12H2,2-5H3. The summed E-state index contributed by atoms with van der Waals surface area (Å²) in [7, 11) is 1.75. The van der Waals surface area contributed by atoms with Crippen LogP contribution in [0.3, 0.4) is 0 Å². The van der Waals surface area contributed by atoms with Gasteiger partial charge in [-0.2, -0.15) is 0 Å². The van der Waals surface area contributed by atoms with Crippen LogP contribution in [0.4, 0.5) is 0 Å². The molecule has 0 amide bonds. The Morgan fingerprint density at radius 3 is 2.53 bits per heavy atom. The summed E-state index contributed by atoms with van der Waals surface area (Å²) in [5.41, 5.74) is 0. The third-order valence-electron chi connectivity index (χ3n) is 2.61. The van der Waals surface area contributed by atoms with E-state index in [1.807, 2.05) is 6.08 Å². The van der Waals surface area contributed by atoms with E-state index in [1.54, 1.807) is 7.11 Å². The molecule has 0 spiro atoms. The summed E-state index contributed by atoms with van der Waals surface area (Å²) < 4.78 is 5.12. The van der Waals surface area contributed by atoms with Crippen molar-refractivity contribution in [3.63, 3.8) is 0 Å². The highest BCUT2D eigenvalue weighted by Gasteiger charge is 2.08. The van der Waals surface area contributed by atoms with Crippen molar-refractivity contribution in [2.75, 3.05) is 46.4 Å². The second-order valence-electron chi connectivity index (χ2n) is 5.20. The number of rotatable bonds is 11. The number of hydrogen-bond acceptors (Lipinski definition) is 3. The van der Waals surface area contributed by atoms with Crippen LogP contribution in [0.25, 0.3) is 0 Å². The molecule has 3 nitrogen and oxygen atoms in total. The number of ether oxygens (including phenoxy) is 1. The summed E-state index contributed by atoms with van der Waals surface area (Å²) in [4.78, 5) is 2.39. The molecule has 0 aromatic carbocycles. The Hall–Kier alpha value is -0.380. The van der Waals surface area contributed by atoms with Crippen molar-refractivity contribution in [2.45, 2.75) is 20.8 Å². The lowest BCUT2D eigenvalue weighted by atomic mass is 10.1. The predicted molar refractivity (Wildman–Crippen MR) is 75.4 cm³/mol. The first-order valence-electron chi connectivity index (χ1n) is 6.63. The van der Waals surface area contributed by atoms with Crippen LogP contribution in [0, 0.1) is 11.8 Å². The second kappa shape index (κ2) is 10.8. The maximum absolute atomic E-state index is 5.12. The van der Waals surface area contributed by atoms with Gasteiger partial charge in [-0.3, -0.25) is 4.90 Å². The second-order valence-corrected chi connectivity index (χ2v) is 5.20. The summed E-state index contributed by atoms with van der Waals surface area (Å²) >= 11 is 0. The molecule has 0 saturated carbocycles. The van der Waals surface area contributed by atoms with Gasteiger partial charge >= 0.3 is 0 Å². The van der Waals surface area contributed by atoms with Crippen LogP contribution in [-0.2, 0) is 4.74 Å². The topological polar surface area (TPSA) is 24.5 Å². The quantitative estimate of drug-likeness (QED) is 0.561. The van der Waals surface area contributed by atoms with Crippen LogP contribution < -0.4 is 5.32 Å². The van der Waals surface area contributed by atoms with E-state index in [0.29, 0.717) is 5.92 Å². The highest BCUT2D eigenvalue weighted by atomic mass is 16.5. The maximum Gasteiger partial charge on any atom is 0.0589 e. The molecule has 0 aliphatic rings. The van der Waals surface area contributed by atoms with Crippen LogP contribution in [-0.4, -0.2) is 51.3 Å². The van der Waals surface area contributed by atoms with Gasteiger partial charge in [-0.15, -0.1) is 6.58 Å². The first-order chi connectivity index (χ1) is 8.10. The largest absolute Gasteiger partial charge is 0.383 e. The summed E-state index contributed by atoms with van der Waals surface area (Å²) in [6.07, 6.45) is 1.96. The van der Waals surface area contributed by atoms with Crippen molar-refractivity contribution >= 4 is 0 Å². The Bertz CT molecular complexity index is 183. The van der Waals surface area contributed by atoms with Crippen LogP contribution in [0.15, 0.2) is 12.7 Å². The molecular weight excluding hydrogens is 212 g/mol. The fourth-order valence-electron chi connectivity index (χ4n) is 1.78. The van der Waals surface area contributed by atoms with Crippen molar-refractivity contribution in [3.05, 3.63) is 12.7 Å². The third-order valence-corrected chi connectivity index (χ3v) is 2.61. The minimum atomic E-state index is 0.658. The average molecular weight is 242 g/mol. The molecule has 0 aromatic rings. The van der Waals surface area contributed by atoms with Crippen molar-refractivity contribution in [1.82, 2.24) is 10.2 Å². The number of hydrogen-bond donors (Lipinski definition) is 1. The molecule has 3 heteroatoms. The SMILES string of the molecule is C=CCN(CCOC)CC(C)CNCC(C)C. The van der Waals surface area contributed by atoms with E-state index in [9.17, 15) is 0 Å². The molecule has 0 radical (unpaired) electrons. The average Bonchev–Trinajstić information content (AvgIpc) is 2.25. The zero-order chi connectivity index (χ0) is 13.1. The third kappa shape index (κ3) is 10.5. The molecule has 0 aromatic heterocycles. The van der Waals surface area contributed by atoms with Gasteiger partial charge in [0.05, 0.1) is 6.61 Å². The van der Waals surface area contributed by atoms with E-state index >= 15 is 0 Å². The Kier molecular flexibility index (Phi) is 10.5. The minimum Gasteiger partial charge on any atom is -0.383 e. The van der Waals surface area contributed by atoms with Crippen molar-refractivity contribution < 1.29 is 4.74 Å². The number of nitrogens with one attached hydrogen (secondary N) is 1. The zero-order valence-corrected chi connectivity index (χ0v) is 12.0. The van der Waals surface area contributed by atoms with E-state index in [-0.39, 0.29) is 0 Å². The fraction of sp³-hybridized carbons (Fsp3) is 0.857. The minimum absolute atomic E-state index is 0.658. The van der Waals surface area contributed by atoms with Crippen molar-refractivity contribution in [1.29, 1.82) is 0 Å². The highest BCUT2D eigenvalue weighted by molar-refractivity contribution is 4.75. The van der Waals surface area contributed by atoms with Gasteiger partial charge in [0.2, 0.25) is 0 Å². The van der Waals surface area contributed by atoms with Gasteiger partial charge in [-0.05, 0) is 24.9 Å². The molecule has 0 saturated heterocycles. The molecule has 0 aliphatic carbocycles. The Balaban J connectivity index is 3.77. The normalized spacial score (nSPS) is 13.3. The highest BCUT2D eigenvalue weighted by Crippen LogP contribution is 2.00. The van der Waals surface area contributed by atoms with E-state index < -0.39 is 0 Å². The van der Waals surface area contributed by atoms with Gasteiger partial charge < -0.3 is 10.1 Å². The Labute approximate surface area is 107 Å². The van der Waals surface area contributed by atoms with Crippen molar-refractivity contribution in [2.24, 2.45) is 11.8 Å². The molecule has 0 rings (SSSR count). The van der Waals surface area contributed by atoms with Gasteiger partial charge in [0, 0.05) is 26.7 Å². The molecule has 1 N–H and O–H groups in total. The maximum atomic E-state index is 5.12. The van der Waals surface area contributed by atoms with E-state index in [1.165, 1.54) is 0 Å². The van der Waals surface area contributed by atoms with Gasteiger partial charge in [0.25, 0.3) is 0 Å². The lowest BCUT2D eigenvalue weighted by Gasteiger charge is -2.24. The van der Waals surface area contributed by atoms with Crippen LogP contribution in [0.1, 0.15) is 20.8 Å². The van der Waals surface area contributed by atoms with Crippen LogP contribution >= 0.6 is 0 Å². The smallest absolute Gasteiger partial charge is 0.0589 e. The summed E-state index contributed by atoms with van der Waals surface area (Å²) in [6.45, 7) is 16.6. The number of methoxy groups -OCH3 is 1. The molecule has 1 unspecified atom stereocenters. The predicted octanol–water partition coefficient (Wildman–Crippen LogP) is 2.00. The van der Waals surface area contributed by atoms with E-state index in [0.717, 1.165) is 45.2 Å². The van der Waals surface area contributed by atoms with E-state index in [4.69, 9.17) is 4.74 Å². The monoisotopic (exact) mass is 242 g/mol. The van der Waals surface area contributed by atoms with Gasteiger partial charge in [0.1, 0.15) is 0 Å².